The average Bonchev–Trinajstić information content (AvgIpc) is 2.40. The number of carboxylic acids is 2. The van der Waals surface area contributed by atoms with Crippen molar-refractivity contribution in [1.82, 2.24) is 10.6 Å². The Balaban J connectivity index is 4.53. The molecule has 0 bridgehead atoms. The minimum absolute atomic E-state index is 0.0955. The fourth-order valence-corrected chi connectivity index (χ4v) is 1.23. The zero-order valence-corrected chi connectivity index (χ0v) is 10.9. The number of carbonyl (C=O) groups excluding carboxylic acids is 2. The summed E-state index contributed by atoms with van der Waals surface area (Å²) in [5.41, 5.74) is 5.23. The van der Waals surface area contributed by atoms with Gasteiger partial charge in [-0.25, -0.2) is 0 Å². The number of rotatable bonds is 9. The minimum Gasteiger partial charge on any atom is -0.480 e. The summed E-state index contributed by atoms with van der Waals surface area (Å²) in [6, 6.07) is -2.34. The second-order valence-corrected chi connectivity index (χ2v) is 3.93. The molecule has 0 aliphatic carbocycles. The van der Waals surface area contributed by atoms with E-state index in [1.54, 1.807) is 5.32 Å². The van der Waals surface area contributed by atoms with E-state index in [0.29, 0.717) is 0 Å². The van der Waals surface area contributed by atoms with Crippen LogP contribution >= 0.6 is 0 Å². The van der Waals surface area contributed by atoms with Crippen LogP contribution in [-0.2, 0) is 19.2 Å². The van der Waals surface area contributed by atoms with Crippen molar-refractivity contribution in [1.29, 1.82) is 0 Å². The third-order valence-electron chi connectivity index (χ3n) is 2.35. The third-order valence-corrected chi connectivity index (χ3v) is 2.35. The minimum atomic E-state index is -2.96. The van der Waals surface area contributed by atoms with Crippen molar-refractivity contribution in [2.75, 3.05) is 6.50 Å². The van der Waals surface area contributed by atoms with Gasteiger partial charge >= 0.3 is 11.9 Å². The molecule has 0 aromatic carbocycles. The Bertz CT molecular complexity index is 457. The molecule has 2 amide bonds. The lowest BCUT2D eigenvalue weighted by Gasteiger charge is -2.16. The molecule has 0 aromatic heterocycles. The number of nitrogens with one attached hydrogen (secondary N) is 2. The predicted molar refractivity (Wildman–Crippen MR) is 67.7 cm³/mol. The molecule has 0 unspecified atom stereocenters. The van der Waals surface area contributed by atoms with Crippen molar-refractivity contribution in [2.45, 2.75) is 38.3 Å². The zero-order chi connectivity index (χ0) is 17.5. The first-order chi connectivity index (χ1) is 10.0. The molecule has 20 heavy (non-hydrogen) atoms. The SMILES string of the molecule is [2H][13C]([2H])(NC(=O)[C@H](CC)NC(=O)CC[C@H](N)C(=O)O)[13C](=O)O. The van der Waals surface area contributed by atoms with E-state index < -0.39 is 42.3 Å². The van der Waals surface area contributed by atoms with Gasteiger partial charge in [0.25, 0.3) is 0 Å². The lowest BCUT2D eigenvalue weighted by molar-refractivity contribution is -0.139. The highest BCUT2D eigenvalue weighted by Crippen LogP contribution is 1.98. The van der Waals surface area contributed by atoms with Crippen LogP contribution in [0.5, 0.6) is 0 Å². The van der Waals surface area contributed by atoms with Crippen molar-refractivity contribution in [3.8, 4) is 0 Å². The molecule has 0 heterocycles. The van der Waals surface area contributed by atoms with Crippen molar-refractivity contribution in [2.24, 2.45) is 5.73 Å². The number of nitrogens with two attached hydrogens (primary N) is 1. The van der Waals surface area contributed by atoms with Crippen LogP contribution in [0.2, 0.25) is 0 Å². The summed E-state index contributed by atoms with van der Waals surface area (Å²) in [7, 11) is 0. The number of amides is 2. The summed E-state index contributed by atoms with van der Waals surface area (Å²) in [6.45, 7) is -1.43. The molecule has 0 spiro atoms. The molecule has 114 valence electrons. The Hall–Kier alpha value is -2.16. The number of hydrogen-bond acceptors (Lipinski definition) is 5. The van der Waals surface area contributed by atoms with Crippen LogP contribution in [-0.4, -0.2) is 52.5 Å². The lowest BCUT2D eigenvalue weighted by atomic mass is 10.1. The Morgan fingerprint density at radius 1 is 1.30 bits per heavy atom. The third kappa shape index (κ3) is 7.31. The van der Waals surface area contributed by atoms with Gasteiger partial charge in [0.1, 0.15) is 18.6 Å². The van der Waals surface area contributed by atoms with Crippen LogP contribution in [0.25, 0.3) is 0 Å². The maximum absolute atomic E-state index is 11.7. The number of aliphatic carboxylic acids is 2. The largest absolute Gasteiger partial charge is 0.480 e. The van der Waals surface area contributed by atoms with Gasteiger partial charge in [-0.15, -0.1) is 0 Å². The van der Waals surface area contributed by atoms with Crippen molar-refractivity contribution >= 4 is 23.8 Å². The molecule has 9 heteroatoms. The lowest BCUT2D eigenvalue weighted by Crippen LogP contribution is -2.47. The summed E-state index contributed by atoms with van der Waals surface area (Å²) in [6.07, 6.45) is -0.267. The summed E-state index contributed by atoms with van der Waals surface area (Å²) < 4.78 is 14.2. The second-order valence-electron chi connectivity index (χ2n) is 3.93. The quantitative estimate of drug-likeness (QED) is 0.316. The first kappa shape index (κ1) is 14.3. The molecular formula is C11H19N3O6. The fraction of sp³-hybridized carbons (Fsp3) is 0.636. The van der Waals surface area contributed by atoms with Crippen molar-refractivity contribution < 1.29 is 32.1 Å². The molecule has 0 rings (SSSR count). The molecule has 0 aromatic rings. The molecule has 0 saturated heterocycles. The van der Waals surface area contributed by atoms with E-state index in [0.717, 1.165) is 0 Å². The van der Waals surface area contributed by atoms with Gasteiger partial charge < -0.3 is 26.6 Å². The van der Waals surface area contributed by atoms with Crippen molar-refractivity contribution in [3.63, 3.8) is 0 Å². The number of carbonyl (C=O) groups is 4. The Labute approximate surface area is 118 Å². The Kier molecular flexibility index (Phi) is 6.31. The van der Waals surface area contributed by atoms with Gasteiger partial charge in [-0.05, 0) is 12.8 Å². The Morgan fingerprint density at radius 2 is 1.90 bits per heavy atom. The standard InChI is InChI=1S/C11H19N3O6/c1-2-7(10(18)13-5-9(16)17)14-8(15)4-3-6(12)11(19)20/h6-7H,2-5,12H2,1H3,(H,13,18)(H,14,15)(H,16,17)(H,19,20)/t6-,7-/m0/s1/i5+1D2,9+1. The van der Waals surface area contributed by atoms with E-state index in [1.165, 1.54) is 6.92 Å². The highest BCUT2D eigenvalue weighted by molar-refractivity contribution is 5.89. The maximum Gasteiger partial charge on any atom is 0.322 e. The fourth-order valence-electron chi connectivity index (χ4n) is 1.23. The van der Waals surface area contributed by atoms with Crippen LogP contribution in [0.15, 0.2) is 0 Å². The molecule has 0 saturated carbocycles. The predicted octanol–water partition coefficient (Wildman–Crippen LogP) is -1.73. The monoisotopic (exact) mass is 293 g/mol. The topological polar surface area (TPSA) is 159 Å². The molecule has 0 aliphatic rings. The molecular weight excluding hydrogens is 272 g/mol. The van der Waals surface area contributed by atoms with Crippen LogP contribution in [0.3, 0.4) is 0 Å². The first-order valence-electron chi connectivity index (χ1n) is 6.84. The van der Waals surface area contributed by atoms with Gasteiger partial charge in [-0.1, -0.05) is 6.92 Å². The van der Waals surface area contributed by atoms with Gasteiger partial charge in [0, 0.05) is 6.42 Å². The normalized spacial score (nSPS) is 15.3. The van der Waals surface area contributed by atoms with Gasteiger partial charge in [-0.3, -0.25) is 19.2 Å². The van der Waals surface area contributed by atoms with Crippen molar-refractivity contribution in [3.05, 3.63) is 0 Å². The van der Waals surface area contributed by atoms with E-state index in [2.05, 4.69) is 5.32 Å². The maximum atomic E-state index is 11.7. The van der Waals surface area contributed by atoms with Gasteiger partial charge in [-0.2, -0.15) is 0 Å². The van der Waals surface area contributed by atoms with Crippen LogP contribution in [0, 0.1) is 0 Å². The number of hydrogen-bond donors (Lipinski definition) is 5. The van der Waals surface area contributed by atoms with Gasteiger partial charge in [0.05, 0.1) is 2.74 Å². The van der Waals surface area contributed by atoms with E-state index >= 15 is 0 Å². The summed E-state index contributed by atoms with van der Waals surface area (Å²) in [4.78, 5) is 44.4. The van der Waals surface area contributed by atoms with Gasteiger partial charge in [0.15, 0.2) is 0 Å². The molecule has 6 N–H and O–H groups in total. The molecule has 9 nitrogen and oxygen atoms in total. The summed E-state index contributed by atoms with van der Waals surface area (Å²) >= 11 is 0. The molecule has 0 fully saturated rings. The summed E-state index contributed by atoms with van der Waals surface area (Å²) in [5, 5.41) is 21.1. The van der Waals surface area contributed by atoms with E-state index in [-0.39, 0.29) is 19.3 Å². The van der Waals surface area contributed by atoms with Gasteiger partial charge in [0.2, 0.25) is 11.8 Å². The van der Waals surface area contributed by atoms with E-state index in [1.807, 2.05) is 0 Å². The summed E-state index contributed by atoms with van der Waals surface area (Å²) in [5.74, 6) is -4.76. The van der Waals surface area contributed by atoms with Crippen LogP contribution < -0.4 is 16.4 Å². The average molecular weight is 293 g/mol. The number of carboxylic acid groups (broad SMARTS) is 2. The molecule has 2 atom stereocenters. The van der Waals surface area contributed by atoms with Crippen LogP contribution in [0.1, 0.15) is 28.9 Å². The second kappa shape index (κ2) is 8.86. The molecule has 0 radical (unpaired) electrons. The highest BCUT2D eigenvalue weighted by atomic mass is 16.5. The molecule has 0 aliphatic heterocycles. The van der Waals surface area contributed by atoms with E-state index in [9.17, 15) is 19.2 Å². The Morgan fingerprint density at radius 3 is 2.35 bits per heavy atom. The highest BCUT2D eigenvalue weighted by Gasteiger charge is 2.20. The van der Waals surface area contributed by atoms with E-state index in [4.69, 9.17) is 18.7 Å². The van der Waals surface area contributed by atoms with Crippen LogP contribution in [0.4, 0.5) is 0 Å². The first-order valence-corrected chi connectivity index (χ1v) is 5.84. The zero-order valence-electron chi connectivity index (χ0n) is 12.9. The smallest absolute Gasteiger partial charge is 0.322 e.